The summed E-state index contributed by atoms with van der Waals surface area (Å²) in [7, 11) is 0. The van der Waals surface area contributed by atoms with Crippen molar-refractivity contribution in [3.05, 3.63) is 223 Å². The van der Waals surface area contributed by atoms with Crippen LogP contribution < -0.4 is 14.5 Å². The fourth-order valence-electron chi connectivity index (χ4n) is 9.29. The molecule has 0 saturated heterocycles. The number of pyridine rings is 1. The Kier molecular flexibility index (Phi) is 10.0. The van der Waals surface area contributed by atoms with Gasteiger partial charge in [0.25, 0.3) is 0 Å². The standard InChI is InChI=1S/C67H61N4O.Pt/c1-44-19-11-12-22-54(44)45-29-31-46(32-30-45)55-24-18-25-56(47-37-49(66(5,6)7)39-50(38-47)67(8,9)10)64(55)70-43-69(60-27-15-16-28-61(60)70)51-20-17-21-52(41-51)72-53-33-34-58-57-23-13-14-26-59(57)71(62(58)42-53)63-40-48(35-36-68-63)65(2,3)4;/h11-40,43H,1-10H3;/q-3;/i1D3,18D,24D,25D,31D,32D,37D,38D;. The van der Waals surface area contributed by atoms with Crippen LogP contribution in [0.1, 0.15) is 98.3 Å². The number of aryl methyl sites for hydroxylation is 1. The van der Waals surface area contributed by atoms with Crippen LogP contribution in [0.5, 0.6) is 11.5 Å². The molecular formula is C67H61N4OPt-3. The Morgan fingerprint density at radius 2 is 1.21 bits per heavy atom. The van der Waals surface area contributed by atoms with E-state index in [0.717, 1.165) is 33.2 Å². The quantitative estimate of drug-likeness (QED) is 0.142. The van der Waals surface area contributed by atoms with Crippen LogP contribution in [-0.4, -0.2) is 9.55 Å². The summed E-state index contributed by atoms with van der Waals surface area (Å²) in [5.41, 5.74) is 5.29. The maximum atomic E-state index is 10.0. The second-order valence-corrected chi connectivity index (χ2v) is 21.5. The van der Waals surface area contributed by atoms with Crippen molar-refractivity contribution < 1.29 is 39.5 Å². The number of nitrogens with zero attached hydrogens (tertiary/aromatic N) is 4. The summed E-state index contributed by atoms with van der Waals surface area (Å²) < 4.78 is 103. The zero-order chi connectivity index (χ0) is 58.7. The number of anilines is 4. The molecule has 1 aliphatic heterocycles. The average Bonchev–Trinajstić information content (AvgIpc) is 2.06. The van der Waals surface area contributed by atoms with Gasteiger partial charge in [-0.2, -0.15) is 12.1 Å². The van der Waals surface area contributed by atoms with Gasteiger partial charge in [0.05, 0.1) is 9.60 Å². The van der Waals surface area contributed by atoms with Crippen LogP contribution in [0.25, 0.3) is 61.0 Å². The third-order valence-corrected chi connectivity index (χ3v) is 13.3. The van der Waals surface area contributed by atoms with Gasteiger partial charge < -0.3 is 19.1 Å². The Morgan fingerprint density at radius 3 is 1.92 bits per heavy atom. The van der Waals surface area contributed by atoms with Crippen molar-refractivity contribution in [1.29, 1.82) is 0 Å². The Bertz CT molecular complexity index is 4170. The molecule has 8 aromatic carbocycles. The number of ether oxygens (including phenoxy) is 1. The van der Waals surface area contributed by atoms with E-state index < -0.39 is 35.8 Å². The maximum absolute atomic E-state index is 10.0. The van der Waals surface area contributed by atoms with Crippen LogP contribution in [0, 0.1) is 25.7 Å². The first-order chi connectivity index (χ1) is 38.6. The van der Waals surface area contributed by atoms with Gasteiger partial charge in [0.15, 0.2) is 0 Å². The summed E-state index contributed by atoms with van der Waals surface area (Å²) in [5, 5.41) is 2.03. The molecule has 0 fully saturated rings. The molecule has 0 bridgehead atoms. The topological polar surface area (TPSA) is 33.5 Å². The van der Waals surface area contributed by atoms with Crippen molar-refractivity contribution in [1.82, 2.24) is 9.55 Å². The Morgan fingerprint density at radius 1 is 0.562 bits per heavy atom. The van der Waals surface area contributed by atoms with Crippen molar-refractivity contribution in [2.24, 2.45) is 0 Å². The second-order valence-electron chi connectivity index (χ2n) is 21.5. The van der Waals surface area contributed by atoms with E-state index >= 15 is 0 Å². The van der Waals surface area contributed by atoms with Crippen LogP contribution in [0.3, 0.4) is 0 Å². The number of rotatable bonds is 8. The monoisotopic (exact) mass is 1140 g/mol. The van der Waals surface area contributed by atoms with E-state index in [9.17, 15) is 9.60 Å². The van der Waals surface area contributed by atoms with Crippen LogP contribution in [0.4, 0.5) is 22.7 Å². The minimum atomic E-state index is -2.50. The molecule has 0 radical (unpaired) electrons. The van der Waals surface area contributed by atoms with Crippen molar-refractivity contribution >= 4 is 44.6 Å². The van der Waals surface area contributed by atoms with Crippen LogP contribution in [0.2, 0.25) is 0 Å². The van der Waals surface area contributed by atoms with Gasteiger partial charge in [-0.1, -0.05) is 183 Å². The first kappa shape index (κ1) is 38.4. The van der Waals surface area contributed by atoms with Gasteiger partial charge in [0.1, 0.15) is 5.82 Å². The number of benzene rings is 8. The number of aromatic nitrogens is 2. The molecule has 0 saturated carbocycles. The molecule has 1 aliphatic rings. The van der Waals surface area contributed by atoms with E-state index in [0.29, 0.717) is 50.8 Å². The van der Waals surface area contributed by atoms with Gasteiger partial charge in [-0.3, -0.25) is 0 Å². The largest absolute Gasteiger partial charge is 0.509 e. The average molecular weight is 1140 g/mol. The van der Waals surface area contributed by atoms with Gasteiger partial charge >= 0.3 is 0 Å². The molecule has 0 spiro atoms. The van der Waals surface area contributed by atoms with E-state index in [1.807, 2.05) is 125 Å². The number of para-hydroxylation sites is 4. The molecule has 73 heavy (non-hydrogen) atoms. The molecule has 0 N–H and O–H groups in total. The molecule has 0 unspecified atom stereocenters. The predicted octanol–water partition coefficient (Wildman–Crippen LogP) is 18.2. The van der Waals surface area contributed by atoms with Crippen molar-refractivity contribution in [2.45, 2.75) is 85.4 Å². The second kappa shape index (κ2) is 19.0. The van der Waals surface area contributed by atoms with Crippen molar-refractivity contribution in [3.63, 3.8) is 0 Å². The SMILES string of the molecule is [2H]c1cc(-c2ccccc2C([2H])([2H])[2H])cc([2H])c1-c1c([2H])c([2H])c([2H])c(-c2c([2H])c(C(C)(C)C)cc(C(C)(C)C)c2[2H])c1N1[CH-]N(c2[c-]c(Oc3[c-]c4c(cc3)c3ccccc3n4-c3cc(C(C)(C)C)ccn3)ccc2)c2ccccc21.[Pt]. The summed E-state index contributed by atoms with van der Waals surface area (Å²) in [6.45, 7) is 17.7. The zero-order valence-corrected chi connectivity index (χ0v) is 44.6. The Labute approximate surface area is 460 Å². The molecule has 11 rings (SSSR count). The van der Waals surface area contributed by atoms with Crippen molar-refractivity contribution in [3.8, 4) is 50.7 Å². The predicted molar refractivity (Wildman–Crippen MR) is 301 cm³/mol. The molecule has 0 aliphatic carbocycles. The molecule has 3 heterocycles. The summed E-state index contributed by atoms with van der Waals surface area (Å²) >= 11 is 0. The van der Waals surface area contributed by atoms with Gasteiger partial charge in [-0.25, -0.2) is 4.98 Å². The fourth-order valence-corrected chi connectivity index (χ4v) is 9.29. The van der Waals surface area contributed by atoms with Gasteiger partial charge in [-0.05, 0) is 103 Å². The molecule has 2 aromatic heterocycles. The Balaban J connectivity index is 0.00000769. The first-order valence-electron chi connectivity index (χ1n) is 29.3. The molecule has 368 valence electrons. The van der Waals surface area contributed by atoms with E-state index in [2.05, 4.69) is 55.7 Å². The summed E-state index contributed by atoms with van der Waals surface area (Å²) in [6, 6.07) is 45.7. The van der Waals surface area contributed by atoms with E-state index in [4.69, 9.17) is 13.8 Å². The third-order valence-electron chi connectivity index (χ3n) is 13.3. The minimum absolute atomic E-state index is 0. The number of fused-ring (bicyclic) bond motifs is 4. The molecular weight excluding hydrogens is 1070 g/mol. The van der Waals surface area contributed by atoms with Gasteiger partial charge in [0.2, 0.25) is 0 Å². The van der Waals surface area contributed by atoms with Gasteiger partial charge in [-0.15, -0.1) is 48.1 Å². The van der Waals surface area contributed by atoms with E-state index in [-0.39, 0.29) is 84.2 Å². The smallest absolute Gasteiger partial charge is 0.135 e. The molecule has 0 atom stereocenters. The van der Waals surface area contributed by atoms with E-state index in [1.54, 1.807) is 35.8 Å². The summed E-state index contributed by atoms with van der Waals surface area (Å²) in [4.78, 5) is 8.48. The Hall–Kier alpha value is -7.20. The molecule has 5 nitrogen and oxygen atoms in total. The normalized spacial score (nSPS) is 15.0. The number of hydrogen-bond donors (Lipinski definition) is 0. The van der Waals surface area contributed by atoms with Gasteiger partial charge in [0, 0.05) is 76.6 Å². The maximum Gasteiger partial charge on any atom is 0.135 e. The first-order valence-corrected chi connectivity index (χ1v) is 24.3. The fraction of sp³-hybridized carbons (Fsp3) is 0.194. The molecule has 0 amide bonds. The number of hydrogen-bond acceptors (Lipinski definition) is 4. The zero-order valence-electron chi connectivity index (χ0n) is 52.4. The van der Waals surface area contributed by atoms with Crippen LogP contribution >= 0.6 is 0 Å². The minimum Gasteiger partial charge on any atom is -0.509 e. The van der Waals surface area contributed by atoms with Crippen LogP contribution in [-0.2, 0) is 37.3 Å². The van der Waals surface area contributed by atoms with Crippen molar-refractivity contribution in [2.75, 3.05) is 9.80 Å². The third kappa shape index (κ3) is 9.41. The molecule has 6 heteroatoms. The molecule has 10 aromatic rings. The van der Waals surface area contributed by atoms with E-state index in [1.165, 1.54) is 18.2 Å². The summed E-state index contributed by atoms with van der Waals surface area (Å²) in [5.74, 6) is 1.57. The summed E-state index contributed by atoms with van der Waals surface area (Å²) in [6.07, 6.45) is 1.84. The van der Waals surface area contributed by atoms with Crippen LogP contribution in [0.15, 0.2) is 182 Å².